The van der Waals surface area contributed by atoms with E-state index in [0.717, 1.165) is 0 Å². The molecule has 0 aliphatic rings. The summed E-state index contributed by atoms with van der Waals surface area (Å²) in [7, 11) is 0. The first-order valence-electron chi connectivity index (χ1n) is 16.9. The first-order valence-corrected chi connectivity index (χ1v) is 17.7. The van der Waals surface area contributed by atoms with E-state index in [-0.39, 0.29) is 0 Å². The molecule has 0 aliphatic carbocycles. The number of benzene rings is 10. The van der Waals surface area contributed by atoms with Crippen LogP contribution in [0.2, 0.25) is 0 Å². The standard InChI is InChI=1S/C48H28S/c1-2-12-31-27-44-32(26-30(31)11-1)21-23-36-35(44)18-9-19-38(36)47-41-16-7-5-14-39(41)46(40-15-6-8-17-42(40)47)33-22-24-37-43-25-20-29-10-3-4-13-34(29)48(43)49-45(37)28-33/h1-28H. The zero-order valence-corrected chi connectivity index (χ0v) is 27.4. The highest BCUT2D eigenvalue weighted by molar-refractivity contribution is 7.26. The second-order valence-electron chi connectivity index (χ2n) is 13.2. The van der Waals surface area contributed by atoms with Gasteiger partial charge in [0.2, 0.25) is 0 Å². The Morgan fingerprint density at radius 1 is 0.286 bits per heavy atom. The molecule has 10 aromatic carbocycles. The van der Waals surface area contributed by atoms with Gasteiger partial charge in [-0.1, -0.05) is 152 Å². The highest BCUT2D eigenvalue weighted by Gasteiger charge is 2.19. The first kappa shape index (κ1) is 27.0. The molecule has 0 N–H and O–H groups in total. The van der Waals surface area contributed by atoms with Crippen LogP contribution in [0.3, 0.4) is 0 Å². The fourth-order valence-electron chi connectivity index (χ4n) is 8.39. The second-order valence-corrected chi connectivity index (χ2v) is 14.3. The van der Waals surface area contributed by atoms with Crippen molar-refractivity contribution < 1.29 is 0 Å². The highest BCUT2D eigenvalue weighted by Crippen LogP contribution is 2.47. The van der Waals surface area contributed by atoms with Gasteiger partial charge < -0.3 is 0 Å². The monoisotopic (exact) mass is 636 g/mol. The Balaban J connectivity index is 1.20. The van der Waals surface area contributed by atoms with Crippen LogP contribution in [0.25, 0.3) is 107 Å². The smallest absolute Gasteiger partial charge is 0.0433 e. The lowest BCUT2D eigenvalue weighted by atomic mass is 9.84. The quantitative estimate of drug-likeness (QED) is 0.131. The molecule has 0 radical (unpaired) electrons. The van der Waals surface area contributed by atoms with Crippen molar-refractivity contribution in [2.75, 3.05) is 0 Å². The van der Waals surface area contributed by atoms with Gasteiger partial charge in [-0.2, -0.15) is 0 Å². The zero-order chi connectivity index (χ0) is 32.1. The number of fused-ring (bicyclic) bond motifs is 11. The van der Waals surface area contributed by atoms with E-state index >= 15 is 0 Å². The maximum atomic E-state index is 2.43. The molecule has 11 rings (SSSR count). The topological polar surface area (TPSA) is 0 Å². The summed E-state index contributed by atoms with van der Waals surface area (Å²) >= 11 is 1.91. The first-order chi connectivity index (χ1) is 24.3. The van der Waals surface area contributed by atoms with Crippen molar-refractivity contribution >= 4 is 96.1 Å². The van der Waals surface area contributed by atoms with Gasteiger partial charge in [0.1, 0.15) is 0 Å². The number of rotatable bonds is 2. The molecule has 0 aliphatic heterocycles. The van der Waals surface area contributed by atoms with Gasteiger partial charge in [-0.25, -0.2) is 0 Å². The van der Waals surface area contributed by atoms with Crippen molar-refractivity contribution in [2.45, 2.75) is 0 Å². The number of hydrogen-bond acceptors (Lipinski definition) is 1. The fraction of sp³-hybridized carbons (Fsp3) is 0. The third kappa shape index (κ3) is 3.91. The van der Waals surface area contributed by atoms with E-state index in [9.17, 15) is 0 Å². The second kappa shape index (κ2) is 10.2. The summed E-state index contributed by atoms with van der Waals surface area (Å²) in [6, 6.07) is 63.3. The van der Waals surface area contributed by atoms with E-state index in [2.05, 4.69) is 170 Å². The van der Waals surface area contributed by atoms with Crippen molar-refractivity contribution in [3.63, 3.8) is 0 Å². The van der Waals surface area contributed by atoms with E-state index in [1.807, 2.05) is 11.3 Å². The van der Waals surface area contributed by atoms with Crippen molar-refractivity contribution in [1.29, 1.82) is 0 Å². The normalized spacial score (nSPS) is 12.1. The third-order valence-electron chi connectivity index (χ3n) is 10.6. The zero-order valence-electron chi connectivity index (χ0n) is 26.6. The summed E-state index contributed by atoms with van der Waals surface area (Å²) < 4.78 is 2.70. The van der Waals surface area contributed by atoms with Gasteiger partial charge in [-0.15, -0.1) is 11.3 Å². The van der Waals surface area contributed by atoms with Gasteiger partial charge in [0.15, 0.2) is 0 Å². The molecule has 1 heteroatoms. The van der Waals surface area contributed by atoms with Crippen molar-refractivity contribution in [3.05, 3.63) is 170 Å². The minimum absolute atomic E-state index is 1.26. The third-order valence-corrected chi connectivity index (χ3v) is 11.8. The van der Waals surface area contributed by atoms with Crippen molar-refractivity contribution in [1.82, 2.24) is 0 Å². The number of thiophene rings is 1. The van der Waals surface area contributed by atoms with E-state index in [1.165, 1.54) is 107 Å². The molecular weight excluding hydrogens is 609 g/mol. The Bertz CT molecular complexity index is 3100. The predicted molar refractivity (Wildman–Crippen MR) is 215 cm³/mol. The Kier molecular flexibility index (Phi) is 5.64. The maximum Gasteiger partial charge on any atom is 0.0433 e. The Morgan fingerprint density at radius 3 is 1.61 bits per heavy atom. The summed E-state index contributed by atoms with van der Waals surface area (Å²) in [4.78, 5) is 0. The van der Waals surface area contributed by atoms with Gasteiger partial charge in [-0.05, 0) is 105 Å². The average molecular weight is 637 g/mol. The van der Waals surface area contributed by atoms with Crippen LogP contribution in [0.15, 0.2) is 170 Å². The molecular formula is C48H28S. The molecule has 0 saturated heterocycles. The lowest BCUT2D eigenvalue weighted by Gasteiger charge is -2.19. The minimum atomic E-state index is 1.26. The summed E-state index contributed by atoms with van der Waals surface area (Å²) in [6.45, 7) is 0. The summed E-state index contributed by atoms with van der Waals surface area (Å²) in [6.07, 6.45) is 0. The summed E-state index contributed by atoms with van der Waals surface area (Å²) in [5.41, 5.74) is 5.14. The molecule has 0 spiro atoms. The molecule has 0 atom stereocenters. The summed E-state index contributed by atoms with van der Waals surface area (Å²) in [5.74, 6) is 0. The molecule has 0 amide bonds. The molecule has 226 valence electrons. The lowest BCUT2D eigenvalue weighted by molar-refractivity contribution is 1.70. The molecule has 0 fully saturated rings. The van der Waals surface area contributed by atoms with Crippen LogP contribution < -0.4 is 0 Å². The molecule has 0 saturated carbocycles. The van der Waals surface area contributed by atoms with Crippen LogP contribution in [0.4, 0.5) is 0 Å². The summed E-state index contributed by atoms with van der Waals surface area (Å²) in [5, 5.41) is 18.1. The largest absolute Gasteiger partial charge is 0.135 e. The van der Waals surface area contributed by atoms with Crippen LogP contribution in [-0.2, 0) is 0 Å². The Morgan fingerprint density at radius 2 is 0.857 bits per heavy atom. The molecule has 0 nitrogen and oxygen atoms in total. The Hall–Kier alpha value is -6.02. The fourth-order valence-corrected chi connectivity index (χ4v) is 9.67. The van der Waals surface area contributed by atoms with Crippen LogP contribution in [0, 0.1) is 0 Å². The molecule has 1 heterocycles. The number of hydrogen-bond donors (Lipinski definition) is 0. The predicted octanol–water partition coefficient (Wildman–Crippen LogP) is 14.3. The van der Waals surface area contributed by atoms with Gasteiger partial charge in [0.25, 0.3) is 0 Å². The van der Waals surface area contributed by atoms with Crippen LogP contribution >= 0.6 is 11.3 Å². The SMILES string of the molecule is c1ccc2cc3c(ccc4c(-c5c6ccccc6c(-c6ccc7c(c6)sc6c8ccccc8ccc76)c6ccccc56)cccc43)cc2c1. The van der Waals surface area contributed by atoms with Gasteiger partial charge in [0, 0.05) is 20.2 Å². The molecule has 11 aromatic rings. The molecule has 49 heavy (non-hydrogen) atoms. The average Bonchev–Trinajstić information content (AvgIpc) is 3.54. The Labute approximate surface area is 287 Å². The van der Waals surface area contributed by atoms with Crippen molar-refractivity contribution in [2.24, 2.45) is 0 Å². The van der Waals surface area contributed by atoms with Crippen LogP contribution in [0.5, 0.6) is 0 Å². The molecule has 0 unspecified atom stereocenters. The lowest BCUT2D eigenvalue weighted by Crippen LogP contribution is -1.92. The van der Waals surface area contributed by atoms with E-state index in [1.54, 1.807) is 0 Å². The maximum absolute atomic E-state index is 2.43. The van der Waals surface area contributed by atoms with E-state index in [4.69, 9.17) is 0 Å². The van der Waals surface area contributed by atoms with Gasteiger partial charge in [-0.3, -0.25) is 0 Å². The molecule has 1 aromatic heterocycles. The van der Waals surface area contributed by atoms with E-state index in [0.29, 0.717) is 0 Å². The van der Waals surface area contributed by atoms with E-state index < -0.39 is 0 Å². The van der Waals surface area contributed by atoms with Gasteiger partial charge in [0.05, 0.1) is 0 Å². The van der Waals surface area contributed by atoms with Crippen LogP contribution in [-0.4, -0.2) is 0 Å². The van der Waals surface area contributed by atoms with Gasteiger partial charge >= 0.3 is 0 Å². The van der Waals surface area contributed by atoms with Crippen molar-refractivity contribution in [3.8, 4) is 22.3 Å². The molecule has 0 bridgehead atoms. The van der Waals surface area contributed by atoms with Crippen LogP contribution in [0.1, 0.15) is 0 Å². The minimum Gasteiger partial charge on any atom is -0.135 e. The highest BCUT2D eigenvalue weighted by atomic mass is 32.1.